The van der Waals surface area contributed by atoms with E-state index >= 15 is 0 Å². The van der Waals surface area contributed by atoms with Gasteiger partial charge in [-0.1, -0.05) is 56.5 Å². The second-order valence-corrected chi connectivity index (χ2v) is 5.60. The molecule has 3 N–H and O–H groups in total. The number of aliphatic carboxylic acids is 1. The van der Waals surface area contributed by atoms with Crippen LogP contribution in [0.25, 0.3) is 0 Å². The van der Waals surface area contributed by atoms with Crippen molar-refractivity contribution < 1.29 is 14.7 Å². The fourth-order valence-corrected chi connectivity index (χ4v) is 2.25. The third-order valence-corrected chi connectivity index (χ3v) is 3.50. The quantitative estimate of drug-likeness (QED) is 0.614. The summed E-state index contributed by atoms with van der Waals surface area (Å²) in [6.07, 6.45) is 4.51. The van der Waals surface area contributed by atoms with E-state index in [0.29, 0.717) is 0 Å². The summed E-state index contributed by atoms with van der Waals surface area (Å²) >= 11 is 0. The van der Waals surface area contributed by atoms with Gasteiger partial charge >= 0.3 is 12.0 Å². The van der Waals surface area contributed by atoms with Crippen molar-refractivity contribution in [2.45, 2.75) is 58.0 Å². The van der Waals surface area contributed by atoms with Crippen molar-refractivity contribution in [2.24, 2.45) is 0 Å². The molecule has 0 aliphatic rings. The molecule has 5 heteroatoms. The summed E-state index contributed by atoms with van der Waals surface area (Å²) in [5, 5.41) is 14.6. The van der Waals surface area contributed by atoms with Gasteiger partial charge in [-0.05, 0) is 18.9 Å². The number of carboxylic acids is 1. The molecule has 0 radical (unpaired) electrons. The van der Waals surface area contributed by atoms with Crippen LogP contribution in [0.3, 0.4) is 0 Å². The van der Waals surface area contributed by atoms with Gasteiger partial charge in [0.15, 0.2) is 0 Å². The van der Waals surface area contributed by atoms with Gasteiger partial charge in [0.1, 0.15) is 6.04 Å². The van der Waals surface area contributed by atoms with Gasteiger partial charge < -0.3 is 15.7 Å². The van der Waals surface area contributed by atoms with Crippen LogP contribution in [0.5, 0.6) is 0 Å². The molecule has 0 aliphatic heterocycles. The van der Waals surface area contributed by atoms with Crippen molar-refractivity contribution in [1.82, 2.24) is 10.6 Å². The number of amides is 2. The maximum atomic E-state index is 11.9. The summed E-state index contributed by atoms with van der Waals surface area (Å²) in [6.45, 7) is 4.06. The van der Waals surface area contributed by atoms with Gasteiger partial charge in [0.25, 0.3) is 0 Å². The van der Waals surface area contributed by atoms with Crippen LogP contribution in [0.15, 0.2) is 30.3 Å². The number of carbonyl (C=O) groups excluding carboxylic acids is 1. The van der Waals surface area contributed by atoms with Gasteiger partial charge in [0, 0.05) is 12.5 Å². The zero-order chi connectivity index (χ0) is 16.4. The van der Waals surface area contributed by atoms with Gasteiger partial charge in [0.05, 0.1) is 0 Å². The first-order chi connectivity index (χ1) is 10.5. The lowest BCUT2D eigenvalue weighted by molar-refractivity contribution is -0.139. The Morgan fingerprint density at radius 2 is 1.82 bits per heavy atom. The van der Waals surface area contributed by atoms with Crippen LogP contribution < -0.4 is 10.6 Å². The fourth-order valence-electron chi connectivity index (χ4n) is 2.25. The Balaban J connectivity index is 2.45. The Bertz CT molecular complexity index is 462. The van der Waals surface area contributed by atoms with Crippen LogP contribution in [-0.2, 0) is 11.2 Å². The third-order valence-electron chi connectivity index (χ3n) is 3.50. The summed E-state index contributed by atoms with van der Waals surface area (Å²) in [4.78, 5) is 23.2. The van der Waals surface area contributed by atoms with E-state index in [1.54, 1.807) is 0 Å². The highest BCUT2D eigenvalue weighted by molar-refractivity contribution is 5.82. The molecule has 0 spiro atoms. The summed E-state index contributed by atoms with van der Waals surface area (Å²) in [5.74, 6) is -1.03. The molecule has 1 rings (SSSR count). The number of urea groups is 1. The van der Waals surface area contributed by atoms with Crippen molar-refractivity contribution >= 4 is 12.0 Å². The monoisotopic (exact) mass is 306 g/mol. The fraction of sp³-hybridized carbons (Fsp3) is 0.529. The molecule has 0 saturated heterocycles. The molecule has 0 aromatic heterocycles. The molecule has 2 atom stereocenters. The molecule has 2 amide bonds. The van der Waals surface area contributed by atoms with Gasteiger partial charge in [0.2, 0.25) is 0 Å². The van der Waals surface area contributed by atoms with E-state index in [1.165, 1.54) is 0 Å². The molecule has 0 aliphatic carbocycles. The molecule has 122 valence electrons. The predicted octanol–water partition coefficient (Wildman–Crippen LogP) is 2.95. The average Bonchev–Trinajstić information content (AvgIpc) is 2.47. The Labute approximate surface area is 132 Å². The SMILES string of the molecule is CCCCCC(C)NC(=O)NC(Cc1ccccc1)C(=O)O. The summed E-state index contributed by atoms with van der Waals surface area (Å²) in [5.41, 5.74) is 0.881. The van der Waals surface area contributed by atoms with Crippen LogP contribution in [0, 0.1) is 0 Å². The molecule has 0 saturated carbocycles. The number of hydrogen-bond donors (Lipinski definition) is 3. The summed E-state index contributed by atoms with van der Waals surface area (Å²) < 4.78 is 0. The number of benzene rings is 1. The van der Waals surface area contributed by atoms with Crippen LogP contribution in [0.1, 0.15) is 45.1 Å². The molecule has 5 nitrogen and oxygen atoms in total. The second kappa shape index (κ2) is 9.82. The second-order valence-electron chi connectivity index (χ2n) is 5.60. The first kappa shape index (κ1) is 18.0. The van der Waals surface area contributed by atoms with Crippen molar-refractivity contribution in [3.05, 3.63) is 35.9 Å². The minimum atomic E-state index is -1.03. The third kappa shape index (κ3) is 7.11. The van der Waals surface area contributed by atoms with Crippen LogP contribution >= 0.6 is 0 Å². The van der Waals surface area contributed by atoms with Gasteiger partial charge in [-0.25, -0.2) is 9.59 Å². The van der Waals surface area contributed by atoms with E-state index in [1.807, 2.05) is 37.3 Å². The molecule has 0 bridgehead atoms. The predicted molar refractivity (Wildman–Crippen MR) is 86.8 cm³/mol. The zero-order valence-corrected chi connectivity index (χ0v) is 13.3. The number of unbranched alkanes of at least 4 members (excludes halogenated alkanes) is 2. The Kier molecular flexibility index (Phi) is 8.04. The minimum absolute atomic E-state index is 0.0396. The molecule has 1 aromatic carbocycles. The summed E-state index contributed by atoms with van der Waals surface area (Å²) in [7, 11) is 0. The normalized spacial score (nSPS) is 13.2. The van der Waals surface area contributed by atoms with Crippen molar-refractivity contribution in [1.29, 1.82) is 0 Å². The number of hydrogen-bond acceptors (Lipinski definition) is 2. The topological polar surface area (TPSA) is 78.4 Å². The molecular weight excluding hydrogens is 280 g/mol. The van der Waals surface area contributed by atoms with Crippen LogP contribution in [-0.4, -0.2) is 29.2 Å². The number of carbonyl (C=O) groups is 2. The highest BCUT2D eigenvalue weighted by atomic mass is 16.4. The van der Waals surface area contributed by atoms with Gasteiger partial charge in [-0.15, -0.1) is 0 Å². The van der Waals surface area contributed by atoms with E-state index in [2.05, 4.69) is 17.6 Å². The maximum absolute atomic E-state index is 11.9. The van der Waals surface area contributed by atoms with Crippen molar-refractivity contribution in [2.75, 3.05) is 0 Å². The van der Waals surface area contributed by atoms with Crippen molar-refractivity contribution in [3.8, 4) is 0 Å². The zero-order valence-electron chi connectivity index (χ0n) is 13.3. The molecule has 1 aromatic rings. The molecule has 22 heavy (non-hydrogen) atoms. The maximum Gasteiger partial charge on any atom is 0.326 e. The lowest BCUT2D eigenvalue weighted by Gasteiger charge is -2.18. The van der Waals surface area contributed by atoms with E-state index in [4.69, 9.17) is 0 Å². The van der Waals surface area contributed by atoms with Gasteiger partial charge in [-0.2, -0.15) is 0 Å². The Morgan fingerprint density at radius 1 is 1.14 bits per heavy atom. The lowest BCUT2D eigenvalue weighted by atomic mass is 10.1. The van der Waals surface area contributed by atoms with Gasteiger partial charge in [-0.3, -0.25) is 0 Å². The first-order valence-corrected chi connectivity index (χ1v) is 7.86. The average molecular weight is 306 g/mol. The smallest absolute Gasteiger partial charge is 0.326 e. The summed E-state index contributed by atoms with van der Waals surface area (Å²) in [6, 6.07) is 7.97. The molecule has 0 fully saturated rings. The molecule has 0 heterocycles. The van der Waals surface area contributed by atoms with E-state index in [-0.39, 0.29) is 12.5 Å². The van der Waals surface area contributed by atoms with E-state index < -0.39 is 18.0 Å². The Hall–Kier alpha value is -2.04. The number of rotatable bonds is 9. The van der Waals surface area contributed by atoms with Crippen LogP contribution in [0.2, 0.25) is 0 Å². The lowest BCUT2D eigenvalue weighted by Crippen LogP contribution is -2.49. The standard InChI is InChI=1S/C17H26N2O3/c1-3-4-6-9-13(2)18-17(22)19-15(16(20)21)12-14-10-7-5-8-11-14/h5,7-8,10-11,13,15H,3-4,6,9,12H2,1-2H3,(H,20,21)(H2,18,19,22). The van der Waals surface area contributed by atoms with E-state index in [0.717, 1.165) is 31.2 Å². The van der Waals surface area contributed by atoms with E-state index in [9.17, 15) is 14.7 Å². The largest absolute Gasteiger partial charge is 0.480 e. The van der Waals surface area contributed by atoms with Crippen molar-refractivity contribution in [3.63, 3.8) is 0 Å². The first-order valence-electron chi connectivity index (χ1n) is 7.86. The number of nitrogens with one attached hydrogen (secondary N) is 2. The Morgan fingerprint density at radius 3 is 2.41 bits per heavy atom. The highest BCUT2D eigenvalue weighted by Crippen LogP contribution is 2.05. The minimum Gasteiger partial charge on any atom is -0.480 e. The number of carboxylic acid groups (broad SMARTS) is 1. The van der Waals surface area contributed by atoms with Crippen LogP contribution in [0.4, 0.5) is 4.79 Å². The molecule has 2 unspecified atom stereocenters. The molecular formula is C17H26N2O3. The highest BCUT2D eigenvalue weighted by Gasteiger charge is 2.20.